The van der Waals surface area contributed by atoms with Crippen LogP contribution in [-0.4, -0.2) is 6.02 Å². The molecule has 0 amide bonds. The van der Waals surface area contributed by atoms with E-state index in [-0.39, 0.29) is 11.7 Å². The van der Waals surface area contributed by atoms with Crippen LogP contribution in [0.25, 0.3) is 0 Å². The lowest BCUT2D eigenvalue weighted by atomic mass is 10.2. The summed E-state index contributed by atoms with van der Waals surface area (Å²) < 4.78 is 43.4. The molecule has 2 aromatic carbocycles. The van der Waals surface area contributed by atoms with Gasteiger partial charge in [0.2, 0.25) is 0 Å². The molecule has 1 aliphatic rings. The van der Waals surface area contributed by atoms with Gasteiger partial charge in [0.15, 0.2) is 0 Å². The molecule has 108 valence electrons. The summed E-state index contributed by atoms with van der Waals surface area (Å²) >= 11 is 0. The van der Waals surface area contributed by atoms with E-state index in [4.69, 9.17) is 4.74 Å². The zero-order valence-electron chi connectivity index (χ0n) is 10.8. The van der Waals surface area contributed by atoms with E-state index in [9.17, 15) is 13.2 Å². The zero-order chi connectivity index (χ0) is 14.9. The Morgan fingerprint density at radius 1 is 1.05 bits per heavy atom. The largest absolute Gasteiger partial charge is 0.460 e. The molecule has 1 heterocycles. The predicted octanol–water partition coefficient (Wildman–Crippen LogP) is 4.34. The van der Waals surface area contributed by atoms with Gasteiger partial charge in [-0.3, -0.25) is 0 Å². The molecule has 6 heteroatoms. The first-order valence-corrected chi connectivity index (χ1v) is 6.26. The van der Waals surface area contributed by atoms with E-state index in [0.717, 1.165) is 23.4 Å². The third-order valence-corrected chi connectivity index (χ3v) is 3.02. The highest BCUT2D eigenvalue weighted by Crippen LogP contribution is 2.31. The van der Waals surface area contributed by atoms with Crippen LogP contribution >= 0.6 is 0 Å². The van der Waals surface area contributed by atoms with Gasteiger partial charge in [0.1, 0.15) is 6.61 Å². The molecular formula is C15H11F3N2O. The monoisotopic (exact) mass is 292 g/mol. The summed E-state index contributed by atoms with van der Waals surface area (Å²) in [6, 6.07) is 12.5. The smallest absolute Gasteiger partial charge is 0.416 e. The fourth-order valence-corrected chi connectivity index (χ4v) is 1.99. The molecule has 21 heavy (non-hydrogen) atoms. The highest BCUT2D eigenvalue weighted by molar-refractivity contribution is 5.92. The standard InChI is InChI=1S/C15H11F3N2O/c16-15(17,18)11-5-3-6-12(8-11)19-14-20-13-7-2-1-4-10(13)9-21-14/h1-8H,9H2,(H,19,20). The maximum atomic E-state index is 12.7. The minimum Gasteiger partial charge on any atom is -0.460 e. The summed E-state index contributed by atoms with van der Waals surface area (Å²) in [5, 5.41) is 2.76. The number of amidine groups is 1. The number of anilines is 1. The minimum absolute atomic E-state index is 0.188. The van der Waals surface area contributed by atoms with Crippen molar-refractivity contribution in [1.29, 1.82) is 0 Å². The molecule has 0 unspecified atom stereocenters. The second kappa shape index (κ2) is 5.12. The summed E-state index contributed by atoms with van der Waals surface area (Å²) in [4.78, 5) is 4.23. The van der Waals surface area contributed by atoms with Crippen molar-refractivity contribution < 1.29 is 17.9 Å². The van der Waals surface area contributed by atoms with Crippen molar-refractivity contribution in [2.45, 2.75) is 12.8 Å². The number of hydrogen-bond donors (Lipinski definition) is 1. The Balaban J connectivity index is 1.84. The van der Waals surface area contributed by atoms with Gasteiger partial charge in [0.05, 0.1) is 11.3 Å². The van der Waals surface area contributed by atoms with Crippen LogP contribution in [0.1, 0.15) is 11.1 Å². The molecule has 1 N–H and O–H groups in total. The molecule has 0 saturated heterocycles. The summed E-state index contributed by atoms with van der Waals surface area (Å²) in [5.41, 5.74) is 1.25. The topological polar surface area (TPSA) is 33.6 Å². The van der Waals surface area contributed by atoms with Crippen LogP contribution in [0.4, 0.5) is 24.5 Å². The molecule has 3 nitrogen and oxygen atoms in total. The van der Waals surface area contributed by atoms with Gasteiger partial charge in [-0.05, 0) is 24.3 Å². The first kappa shape index (κ1) is 13.5. The number of fused-ring (bicyclic) bond motifs is 1. The highest BCUT2D eigenvalue weighted by atomic mass is 19.4. The van der Waals surface area contributed by atoms with Gasteiger partial charge < -0.3 is 10.1 Å². The minimum atomic E-state index is -4.38. The fraction of sp³-hybridized carbons (Fsp3) is 0.133. The van der Waals surface area contributed by atoms with Gasteiger partial charge in [-0.1, -0.05) is 24.3 Å². The number of hydrogen-bond acceptors (Lipinski definition) is 3. The highest BCUT2D eigenvalue weighted by Gasteiger charge is 2.30. The number of halogens is 3. The van der Waals surface area contributed by atoms with Crippen molar-refractivity contribution in [3.8, 4) is 0 Å². The second-order valence-electron chi connectivity index (χ2n) is 4.54. The van der Waals surface area contributed by atoms with E-state index >= 15 is 0 Å². The number of alkyl halides is 3. The first-order chi connectivity index (χ1) is 10.0. The number of benzene rings is 2. The van der Waals surface area contributed by atoms with Crippen LogP contribution in [0.2, 0.25) is 0 Å². The average Bonchev–Trinajstić information content (AvgIpc) is 2.46. The lowest BCUT2D eigenvalue weighted by molar-refractivity contribution is -0.137. The third kappa shape index (κ3) is 2.99. The Morgan fingerprint density at radius 2 is 1.86 bits per heavy atom. The maximum Gasteiger partial charge on any atom is 0.416 e. The Kier molecular flexibility index (Phi) is 3.29. The number of para-hydroxylation sites is 1. The molecule has 0 radical (unpaired) electrons. The number of ether oxygens (including phenoxy) is 1. The number of rotatable bonds is 1. The predicted molar refractivity (Wildman–Crippen MR) is 73.4 cm³/mol. The van der Waals surface area contributed by atoms with Crippen LogP contribution in [0.15, 0.2) is 53.5 Å². The molecule has 2 aromatic rings. The normalized spacial score (nSPS) is 14.0. The third-order valence-electron chi connectivity index (χ3n) is 3.02. The van der Waals surface area contributed by atoms with E-state index in [1.807, 2.05) is 24.3 Å². The van der Waals surface area contributed by atoms with Gasteiger partial charge in [-0.2, -0.15) is 18.2 Å². The Morgan fingerprint density at radius 3 is 2.67 bits per heavy atom. The van der Waals surface area contributed by atoms with Crippen molar-refractivity contribution in [2.75, 3.05) is 5.32 Å². The lowest BCUT2D eigenvalue weighted by Crippen LogP contribution is -2.19. The quantitative estimate of drug-likeness (QED) is 0.848. The average molecular weight is 292 g/mol. The van der Waals surface area contributed by atoms with Crippen molar-refractivity contribution in [2.24, 2.45) is 4.99 Å². The van der Waals surface area contributed by atoms with Crippen LogP contribution in [0.5, 0.6) is 0 Å². The van der Waals surface area contributed by atoms with E-state index < -0.39 is 11.7 Å². The number of aliphatic imine (C=N–C) groups is 1. The Bertz CT molecular complexity index is 695. The van der Waals surface area contributed by atoms with Gasteiger partial charge in [0, 0.05) is 11.3 Å². The van der Waals surface area contributed by atoms with E-state index in [2.05, 4.69) is 10.3 Å². The van der Waals surface area contributed by atoms with Crippen molar-refractivity contribution in [3.63, 3.8) is 0 Å². The molecular weight excluding hydrogens is 281 g/mol. The molecule has 1 aliphatic heterocycles. The van der Waals surface area contributed by atoms with Crippen molar-refractivity contribution >= 4 is 17.4 Å². The summed E-state index contributed by atoms with van der Waals surface area (Å²) in [6.45, 7) is 0.334. The maximum absolute atomic E-state index is 12.7. The SMILES string of the molecule is FC(F)(F)c1cccc(NC2=Nc3ccccc3CO2)c1. The van der Waals surface area contributed by atoms with Gasteiger partial charge in [-0.25, -0.2) is 0 Å². The van der Waals surface area contributed by atoms with Crippen molar-refractivity contribution in [3.05, 3.63) is 59.7 Å². The van der Waals surface area contributed by atoms with Crippen LogP contribution < -0.4 is 5.32 Å². The van der Waals surface area contributed by atoms with Gasteiger partial charge >= 0.3 is 6.18 Å². The molecule has 0 fully saturated rings. The summed E-state index contributed by atoms with van der Waals surface area (Å²) in [7, 11) is 0. The molecule has 0 saturated carbocycles. The summed E-state index contributed by atoms with van der Waals surface area (Å²) in [5.74, 6) is 0. The van der Waals surface area contributed by atoms with Crippen LogP contribution in [0.3, 0.4) is 0 Å². The molecule has 0 aliphatic carbocycles. The molecule has 3 rings (SSSR count). The van der Waals surface area contributed by atoms with Crippen molar-refractivity contribution in [1.82, 2.24) is 0 Å². The number of nitrogens with zero attached hydrogens (tertiary/aromatic N) is 1. The number of nitrogens with one attached hydrogen (secondary N) is 1. The fourth-order valence-electron chi connectivity index (χ4n) is 1.99. The van der Waals surface area contributed by atoms with Crippen LogP contribution in [0, 0.1) is 0 Å². The van der Waals surface area contributed by atoms with Gasteiger partial charge in [-0.15, -0.1) is 0 Å². The van der Waals surface area contributed by atoms with E-state index in [0.29, 0.717) is 6.61 Å². The first-order valence-electron chi connectivity index (χ1n) is 6.26. The second-order valence-corrected chi connectivity index (χ2v) is 4.54. The molecule has 0 atom stereocenters. The van der Waals surface area contributed by atoms with Gasteiger partial charge in [0.25, 0.3) is 6.02 Å². The van der Waals surface area contributed by atoms with E-state index in [1.165, 1.54) is 12.1 Å². The Labute approximate surface area is 119 Å². The molecule has 0 aromatic heterocycles. The molecule has 0 spiro atoms. The lowest BCUT2D eigenvalue weighted by Gasteiger charge is -2.18. The summed E-state index contributed by atoms with van der Waals surface area (Å²) in [6.07, 6.45) is -4.38. The van der Waals surface area contributed by atoms with Crippen LogP contribution in [-0.2, 0) is 17.5 Å². The molecule has 0 bridgehead atoms. The zero-order valence-corrected chi connectivity index (χ0v) is 10.8. The van der Waals surface area contributed by atoms with E-state index in [1.54, 1.807) is 0 Å². The Hall–Kier alpha value is -2.50.